The molecule has 0 saturated heterocycles. The van der Waals surface area contributed by atoms with E-state index in [1.807, 2.05) is 0 Å². The molecule has 0 aliphatic heterocycles. The number of ketones is 1. The molecule has 0 bridgehead atoms. The zero-order valence-electron chi connectivity index (χ0n) is 23.6. The fraction of sp³-hybridized carbons (Fsp3) is 0.467. The van der Waals surface area contributed by atoms with Crippen LogP contribution in [-0.4, -0.2) is 39.0 Å². The van der Waals surface area contributed by atoms with Crippen LogP contribution >= 0.6 is 11.6 Å². The maximum absolute atomic E-state index is 13.2. The van der Waals surface area contributed by atoms with Crippen molar-refractivity contribution in [1.82, 2.24) is 9.78 Å². The monoisotopic (exact) mass is 584 g/mol. The zero-order chi connectivity index (χ0) is 29.8. The zero-order valence-corrected chi connectivity index (χ0v) is 24.3. The van der Waals surface area contributed by atoms with Crippen LogP contribution in [0.25, 0.3) is 10.9 Å². The van der Waals surface area contributed by atoms with Crippen molar-refractivity contribution in [2.45, 2.75) is 84.1 Å². The maximum atomic E-state index is 13.2. The second-order valence-corrected chi connectivity index (χ2v) is 10.5. The van der Waals surface area contributed by atoms with Crippen LogP contribution in [-0.2, 0) is 14.3 Å². The summed E-state index contributed by atoms with van der Waals surface area (Å²) in [6.07, 6.45) is 13.0. The molecule has 1 aromatic heterocycles. The number of Topliss-reactive ketones (excluding diaryl/α,β-unsaturated/α-hetero) is 1. The summed E-state index contributed by atoms with van der Waals surface area (Å²) in [7, 11) is 0. The Labute approximate surface area is 244 Å². The summed E-state index contributed by atoms with van der Waals surface area (Å²) in [5, 5.41) is 18.4. The highest BCUT2D eigenvalue weighted by Gasteiger charge is 2.30. The SMILES string of the molecule is CCCCCCCCCCCCOC(=O)c1ccc(Cl)c(NC(=O)C(C(C)=O)n2ncc3c([N+](=O)[O-])cccc32)c1. The number of nitrogens with zero attached hydrogens (tertiary/aromatic N) is 3. The van der Waals surface area contributed by atoms with Gasteiger partial charge in [-0.1, -0.05) is 82.4 Å². The van der Waals surface area contributed by atoms with E-state index < -0.39 is 28.6 Å². The second kappa shape index (κ2) is 15.9. The van der Waals surface area contributed by atoms with E-state index in [0.717, 1.165) is 23.9 Å². The Morgan fingerprint density at radius 1 is 1.02 bits per heavy atom. The summed E-state index contributed by atoms with van der Waals surface area (Å²) in [4.78, 5) is 49.2. The first-order valence-corrected chi connectivity index (χ1v) is 14.5. The molecule has 0 aliphatic carbocycles. The molecule has 0 radical (unpaired) electrons. The van der Waals surface area contributed by atoms with Gasteiger partial charge in [-0.3, -0.25) is 19.7 Å². The molecule has 0 fully saturated rings. The number of carbonyl (C=O) groups excluding carboxylic acids is 3. The molecule has 220 valence electrons. The van der Waals surface area contributed by atoms with Crippen molar-refractivity contribution >= 4 is 51.5 Å². The van der Waals surface area contributed by atoms with Gasteiger partial charge in [0.05, 0.1) is 44.9 Å². The van der Waals surface area contributed by atoms with Crippen LogP contribution in [0.1, 0.15) is 94.5 Å². The molecular weight excluding hydrogens is 548 g/mol. The summed E-state index contributed by atoms with van der Waals surface area (Å²) in [6, 6.07) is 7.25. The van der Waals surface area contributed by atoms with Crippen LogP contribution in [0.4, 0.5) is 11.4 Å². The first-order valence-electron chi connectivity index (χ1n) is 14.1. The average molecular weight is 585 g/mol. The van der Waals surface area contributed by atoms with Gasteiger partial charge in [0.1, 0.15) is 0 Å². The number of unbranched alkanes of at least 4 members (excludes halogenated alkanes) is 9. The molecule has 1 atom stereocenters. The standard InChI is InChI=1S/C30H37ClN4O6/c1-3-4-5-6-7-8-9-10-11-12-18-41-30(38)22-16-17-24(31)25(19-22)33-29(37)28(21(2)36)34-26-14-13-15-27(35(39)40)23(26)20-32-34/h13-17,19-20,28H,3-12,18H2,1-2H3,(H,33,37). The highest BCUT2D eigenvalue weighted by atomic mass is 35.5. The number of benzene rings is 2. The van der Waals surface area contributed by atoms with E-state index in [4.69, 9.17) is 16.3 Å². The van der Waals surface area contributed by atoms with Crippen molar-refractivity contribution in [2.24, 2.45) is 0 Å². The van der Waals surface area contributed by atoms with Gasteiger partial charge in [0.15, 0.2) is 11.8 Å². The largest absolute Gasteiger partial charge is 0.462 e. The van der Waals surface area contributed by atoms with Crippen LogP contribution in [0.5, 0.6) is 0 Å². The predicted molar refractivity (Wildman–Crippen MR) is 158 cm³/mol. The van der Waals surface area contributed by atoms with Crippen molar-refractivity contribution in [3.63, 3.8) is 0 Å². The minimum absolute atomic E-state index is 0.124. The number of anilines is 1. The van der Waals surface area contributed by atoms with Gasteiger partial charge in [0, 0.05) is 6.07 Å². The number of aromatic nitrogens is 2. The number of esters is 1. The Hall–Kier alpha value is -3.79. The van der Waals surface area contributed by atoms with Gasteiger partial charge in [0.2, 0.25) is 0 Å². The normalized spacial score (nSPS) is 11.8. The number of ether oxygens (including phenoxy) is 1. The van der Waals surface area contributed by atoms with Crippen LogP contribution in [0.15, 0.2) is 42.6 Å². The molecule has 3 rings (SSSR count). The third-order valence-corrected chi connectivity index (χ3v) is 7.21. The molecule has 0 saturated carbocycles. The molecular formula is C30H37ClN4O6. The fourth-order valence-corrected chi connectivity index (χ4v) is 4.84. The Bertz CT molecular complexity index is 1370. The first-order chi connectivity index (χ1) is 19.7. The van der Waals surface area contributed by atoms with Gasteiger partial charge in [-0.05, 0) is 37.6 Å². The topological polar surface area (TPSA) is 133 Å². The highest BCUT2D eigenvalue weighted by Crippen LogP contribution is 2.29. The summed E-state index contributed by atoms with van der Waals surface area (Å²) in [6.45, 7) is 3.73. The van der Waals surface area contributed by atoms with E-state index in [1.165, 1.54) is 94.5 Å². The number of nitro groups is 1. The van der Waals surface area contributed by atoms with Crippen LogP contribution < -0.4 is 5.32 Å². The average Bonchev–Trinajstić information content (AvgIpc) is 3.36. The Balaban J connectivity index is 1.57. The lowest BCUT2D eigenvalue weighted by atomic mass is 10.1. The van der Waals surface area contributed by atoms with E-state index in [0.29, 0.717) is 6.61 Å². The number of hydrogen-bond donors (Lipinski definition) is 1. The number of nitrogens with one attached hydrogen (secondary N) is 1. The molecule has 0 aliphatic rings. The van der Waals surface area contributed by atoms with Gasteiger partial charge < -0.3 is 10.1 Å². The predicted octanol–water partition coefficient (Wildman–Crippen LogP) is 7.44. The number of halogens is 1. The Morgan fingerprint density at radius 2 is 1.68 bits per heavy atom. The molecule has 1 heterocycles. The van der Waals surface area contributed by atoms with E-state index in [9.17, 15) is 24.5 Å². The van der Waals surface area contributed by atoms with Gasteiger partial charge in [-0.25, -0.2) is 9.48 Å². The molecule has 1 unspecified atom stereocenters. The van der Waals surface area contributed by atoms with Gasteiger partial charge in [-0.15, -0.1) is 0 Å². The van der Waals surface area contributed by atoms with Gasteiger partial charge >= 0.3 is 5.97 Å². The Kier molecular flexibility index (Phi) is 12.3. The van der Waals surface area contributed by atoms with Crippen LogP contribution in [0.2, 0.25) is 5.02 Å². The lowest BCUT2D eigenvalue weighted by molar-refractivity contribution is -0.383. The second-order valence-electron chi connectivity index (χ2n) is 10.1. The van der Waals surface area contributed by atoms with Crippen molar-refractivity contribution in [1.29, 1.82) is 0 Å². The van der Waals surface area contributed by atoms with Crippen LogP contribution in [0, 0.1) is 10.1 Å². The number of fused-ring (bicyclic) bond motifs is 1. The van der Waals surface area contributed by atoms with E-state index >= 15 is 0 Å². The molecule has 0 spiro atoms. The van der Waals surface area contributed by atoms with E-state index in [2.05, 4.69) is 17.3 Å². The van der Waals surface area contributed by atoms with Crippen LogP contribution in [0.3, 0.4) is 0 Å². The molecule has 10 nitrogen and oxygen atoms in total. The Morgan fingerprint density at radius 3 is 2.32 bits per heavy atom. The molecule has 41 heavy (non-hydrogen) atoms. The minimum Gasteiger partial charge on any atom is -0.462 e. The number of rotatable bonds is 17. The number of nitro benzene ring substituents is 1. The van der Waals surface area contributed by atoms with Crippen molar-refractivity contribution in [3.05, 3.63) is 63.3 Å². The molecule has 1 N–H and O–H groups in total. The van der Waals surface area contributed by atoms with Crippen molar-refractivity contribution in [2.75, 3.05) is 11.9 Å². The van der Waals surface area contributed by atoms with E-state index in [1.54, 1.807) is 0 Å². The number of amides is 1. The third-order valence-electron chi connectivity index (χ3n) is 6.88. The van der Waals surface area contributed by atoms with E-state index in [-0.39, 0.29) is 32.9 Å². The first kappa shape index (κ1) is 31.7. The lowest BCUT2D eigenvalue weighted by Crippen LogP contribution is -2.32. The summed E-state index contributed by atoms with van der Waals surface area (Å²) in [5.41, 5.74) is 0.392. The number of carbonyl (C=O) groups is 3. The van der Waals surface area contributed by atoms with Crippen molar-refractivity contribution in [3.8, 4) is 0 Å². The minimum atomic E-state index is -1.42. The highest BCUT2D eigenvalue weighted by molar-refractivity contribution is 6.34. The van der Waals surface area contributed by atoms with Gasteiger partial charge in [-0.2, -0.15) is 5.10 Å². The molecule has 3 aromatic rings. The maximum Gasteiger partial charge on any atom is 0.338 e. The lowest BCUT2D eigenvalue weighted by Gasteiger charge is -2.17. The summed E-state index contributed by atoms with van der Waals surface area (Å²) in [5.74, 6) is -1.84. The summed E-state index contributed by atoms with van der Waals surface area (Å²) < 4.78 is 6.54. The smallest absolute Gasteiger partial charge is 0.338 e. The van der Waals surface area contributed by atoms with Gasteiger partial charge in [0.25, 0.3) is 11.6 Å². The van der Waals surface area contributed by atoms with Crippen molar-refractivity contribution < 1.29 is 24.0 Å². The molecule has 11 heteroatoms. The quantitative estimate of drug-likeness (QED) is 0.0572. The number of hydrogen-bond acceptors (Lipinski definition) is 7. The number of non-ortho nitro benzene ring substituents is 1. The summed E-state index contributed by atoms with van der Waals surface area (Å²) >= 11 is 6.28. The molecule has 1 amide bonds. The molecule has 2 aromatic carbocycles. The third kappa shape index (κ3) is 8.85. The fourth-order valence-electron chi connectivity index (χ4n) is 4.68.